The summed E-state index contributed by atoms with van der Waals surface area (Å²) in [6, 6.07) is 16.5. The lowest BCUT2D eigenvalue weighted by molar-refractivity contribution is -0.119. The van der Waals surface area contributed by atoms with Crippen LogP contribution in [0.25, 0.3) is 0 Å². The van der Waals surface area contributed by atoms with E-state index >= 15 is 0 Å². The Labute approximate surface area is 189 Å². The highest BCUT2D eigenvalue weighted by Crippen LogP contribution is 2.15. The van der Waals surface area contributed by atoms with Gasteiger partial charge in [0.2, 0.25) is 15.9 Å². The monoisotopic (exact) mass is 461 g/mol. The maximum atomic E-state index is 12.1. The molecular weight excluding hydrogens is 430 g/mol. The van der Waals surface area contributed by atoms with Crippen molar-refractivity contribution in [2.75, 3.05) is 12.3 Å². The quantitative estimate of drug-likeness (QED) is 0.421. The molecule has 0 atom stereocenters. The van der Waals surface area contributed by atoms with Crippen molar-refractivity contribution in [3.8, 4) is 0 Å². The molecule has 0 aliphatic heterocycles. The largest absolute Gasteiger partial charge is 0.338 e. The van der Waals surface area contributed by atoms with Crippen LogP contribution in [0.5, 0.6) is 0 Å². The van der Waals surface area contributed by atoms with Crippen molar-refractivity contribution in [3.05, 3.63) is 71.3 Å². The van der Waals surface area contributed by atoms with E-state index in [1.165, 1.54) is 5.56 Å². The van der Waals surface area contributed by atoms with Gasteiger partial charge >= 0.3 is 6.03 Å². The van der Waals surface area contributed by atoms with Crippen LogP contribution < -0.4 is 15.5 Å². The second kappa shape index (κ2) is 12.8. The fraction of sp³-hybridized carbons (Fsp3) is 0.391. The Kier molecular flexibility index (Phi) is 10.2. The minimum Gasteiger partial charge on any atom is -0.335 e. The lowest BCUT2D eigenvalue weighted by atomic mass is 9.95. The number of sulfonamides is 1. The lowest BCUT2D eigenvalue weighted by Crippen LogP contribution is -2.41. The van der Waals surface area contributed by atoms with Crippen molar-refractivity contribution in [1.29, 1.82) is 0 Å². The minimum absolute atomic E-state index is 0.0651. The number of nitrogens with one attached hydrogen (secondary N) is 3. The van der Waals surface area contributed by atoms with Gasteiger partial charge in [-0.2, -0.15) is 0 Å². The third-order valence-electron chi connectivity index (χ3n) is 4.54. The second-order valence-corrected chi connectivity index (χ2v) is 9.68. The maximum absolute atomic E-state index is 12.1. The van der Waals surface area contributed by atoms with Crippen LogP contribution in [0.3, 0.4) is 0 Å². The summed E-state index contributed by atoms with van der Waals surface area (Å²) in [5.41, 5.74) is 5.28. The zero-order valence-corrected chi connectivity index (χ0v) is 19.3. The number of rotatable bonds is 12. The number of hydrogen-bond donors (Lipinski definition) is 3. The number of amides is 3. The van der Waals surface area contributed by atoms with E-state index in [1.807, 2.05) is 54.6 Å². The van der Waals surface area contributed by atoms with Gasteiger partial charge in [-0.25, -0.2) is 18.7 Å². The van der Waals surface area contributed by atoms with Gasteiger partial charge in [0.25, 0.3) is 0 Å². The summed E-state index contributed by atoms with van der Waals surface area (Å²) in [5, 5.41) is 2.38. The first kappa shape index (κ1) is 25.4. The minimum atomic E-state index is -3.86. The molecule has 0 fully saturated rings. The van der Waals surface area contributed by atoms with Gasteiger partial charge in [0.1, 0.15) is 0 Å². The van der Waals surface area contributed by atoms with Crippen molar-refractivity contribution in [2.24, 2.45) is 5.92 Å². The third-order valence-corrected chi connectivity index (χ3v) is 5.82. The first-order valence-electron chi connectivity index (χ1n) is 10.5. The fourth-order valence-corrected chi connectivity index (χ4v) is 3.98. The normalized spacial score (nSPS) is 11.2. The molecule has 32 heavy (non-hydrogen) atoms. The van der Waals surface area contributed by atoms with E-state index in [2.05, 4.69) is 29.4 Å². The Morgan fingerprint density at radius 3 is 2.31 bits per heavy atom. The summed E-state index contributed by atoms with van der Waals surface area (Å²) >= 11 is 0. The van der Waals surface area contributed by atoms with Crippen LogP contribution in [-0.2, 0) is 39.1 Å². The predicted molar refractivity (Wildman–Crippen MR) is 123 cm³/mol. The Balaban J connectivity index is 1.68. The predicted octanol–water partition coefficient (Wildman–Crippen LogP) is 2.69. The number of hydroxylamine groups is 1. The van der Waals surface area contributed by atoms with E-state index in [9.17, 15) is 18.0 Å². The number of benzene rings is 2. The van der Waals surface area contributed by atoms with Gasteiger partial charge in [-0.1, -0.05) is 68.4 Å². The number of carbonyl (C=O) groups is 2. The highest BCUT2D eigenvalue weighted by atomic mass is 32.2. The first-order chi connectivity index (χ1) is 15.2. The van der Waals surface area contributed by atoms with E-state index < -0.39 is 27.7 Å². The van der Waals surface area contributed by atoms with Crippen LogP contribution in [0.15, 0.2) is 54.6 Å². The zero-order valence-electron chi connectivity index (χ0n) is 18.5. The average Bonchev–Trinajstić information content (AvgIpc) is 2.73. The molecule has 0 saturated carbocycles. The second-order valence-electron chi connectivity index (χ2n) is 7.84. The zero-order chi connectivity index (χ0) is 23.4. The van der Waals surface area contributed by atoms with E-state index in [4.69, 9.17) is 4.84 Å². The molecule has 0 unspecified atom stereocenters. The smallest absolute Gasteiger partial charge is 0.335 e. The van der Waals surface area contributed by atoms with E-state index in [0.717, 1.165) is 17.5 Å². The van der Waals surface area contributed by atoms with Gasteiger partial charge in [-0.3, -0.25) is 14.4 Å². The molecule has 3 amide bonds. The molecule has 0 aromatic heterocycles. The molecular formula is C23H31N3O5S. The van der Waals surface area contributed by atoms with Crippen LogP contribution in [-0.4, -0.2) is 32.7 Å². The summed E-state index contributed by atoms with van der Waals surface area (Å²) in [7, 11) is -3.86. The van der Waals surface area contributed by atoms with Gasteiger partial charge in [-0.05, 0) is 35.4 Å². The molecule has 174 valence electrons. The summed E-state index contributed by atoms with van der Waals surface area (Å²) in [5.74, 6) is -0.506. The van der Waals surface area contributed by atoms with E-state index in [-0.39, 0.29) is 19.6 Å². The Morgan fingerprint density at radius 2 is 1.62 bits per heavy atom. The molecule has 0 heterocycles. The fourth-order valence-electron chi connectivity index (χ4n) is 3.06. The molecule has 0 aliphatic carbocycles. The molecule has 0 radical (unpaired) electrons. The highest BCUT2D eigenvalue weighted by Gasteiger charge is 2.15. The van der Waals surface area contributed by atoms with Gasteiger partial charge in [0.05, 0.1) is 12.4 Å². The number of carbonyl (C=O) groups excluding carboxylic acids is 2. The SMILES string of the molecule is CC(C)Cc1ccccc1CCC(=O)NS(=O)(=O)CCNC(=O)NOCc1ccccc1. The van der Waals surface area contributed by atoms with Crippen molar-refractivity contribution < 1.29 is 22.8 Å². The number of urea groups is 1. The standard InChI is InChI=1S/C23H31N3O5S/c1-18(2)16-21-11-7-6-10-20(21)12-13-22(27)26-32(29,30)15-14-24-23(28)25-31-17-19-8-4-3-5-9-19/h3-11,18H,12-17H2,1-2H3,(H,26,27)(H2,24,25,28). The van der Waals surface area contributed by atoms with Crippen LogP contribution in [0.2, 0.25) is 0 Å². The molecule has 0 bridgehead atoms. The Morgan fingerprint density at radius 1 is 0.969 bits per heavy atom. The van der Waals surface area contributed by atoms with Gasteiger partial charge in [0, 0.05) is 13.0 Å². The van der Waals surface area contributed by atoms with Crippen LogP contribution in [0, 0.1) is 5.92 Å². The summed E-state index contributed by atoms with van der Waals surface area (Å²) in [4.78, 5) is 28.9. The Bertz CT molecular complexity index is 978. The summed E-state index contributed by atoms with van der Waals surface area (Å²) in [6.07, 6.45) is 1.43. The van der Waals surface area contributed by atoms with Crippen LogP contribution in [0.1, 0.15) is 37.0 Å². The highest BCUT2D eigenvalue weighted by molar-refractivity contribution is 7.90. The first-order valence-corrected chi connectivity index (χ1v) is 12.2. The molecule has 8 nitrogen and oxygen atoms in total. The summed E-state index contributed by atoms with van der Waals surface area (Å²) < 4.78 is 26.3. The Hall–Kier alpha value is -2.91. The lowest BCUT2D eigenvalue weighted by Gasteiger charge is -2.12. The summed E-state index contributed by atoms with van der Waals surface area (Å²) in [6.45, 7) is 4.27. The van der Waals surface area contributed by atoms with Crippen molar-refractivity contribution in [2.45, 2.75) is 39.7 Å². The van der Waals surface area contributed by atoms with Crippen LogP contribution in [0.4, 0.5) is 4.79 Å². The van der Waals surface area contributed by atoms with Gasteiger partial charge < -0.3 is 5.32 Å². The molecule has 9 heteroatoms. The van der Waals surface area contributed by atoms with Gasteiger partial charge in [0.15, 0.2) is 0 Å². The van der Waals surface area contributed by atoms with Crippen molar-refractivity contribution in [3.63, 3.8) is 0 Å². The van der Waals surface area contributed by atoms with Crippen LogP contribution >= 0.6 is 0 Å². The molecule has 0 spiro atoms. The molecule has 0 saturated heterocycles. The molecule has 2 rings (SSSR count). The number of aryl methyl sites for hydroxylation is 1. The van der Waals surface area contributed by atoms with Gasteiger partial charge in [-0.15, -0.1) is 0 Å². The molecule has 0 aliphatic rings. The average molecular weight is 462 g/mol. The van der Waals surface area contributed by atoms with Crippen molar-refractivity contribution in [1.82, 2.24) is 15.5 Å². The van der Waals surface area contributed by atoms with Crippen molar-refractivity contribution >= 4 is 22.0 Å². The number of hydrogen-bond acceptors (Lipinski definition) is 5. The van der Waals surface area contributed by atoms with E-state index in [0.29, 0.717) is 12.3 Å². The third kappa shape index (κ3) is 9.93. The topological polar surface area (TPSA) is 114 Å². The molecule has 3 N–H and O–H groups in total. The van der Waals surface area contributed by atoms with E-state index in [1.54, 1.807) is 0 Å². The maximum Gasteiger partial charge on any atom is 0.338 e. The molecule has 2 aromatic carbocycles. The molecule has 2 aromatic rings.